The van der Waals surface area contributed by atoms with Crippen LogP contribution < -0.4 is 15.8 Å². The number of rotatable bonds is 6. The number of carbonyl (C=O) groups is 1. The molecule has 1 atom stereocenters. The minimum absolute atomic E-state index is 0.0180. The first-order chi connectivity index (χ1) is 18.3. The first-order valence-corrected chi connectivity index (χ1v) is 14.3. The fourth-order valence-electron chi connectivity index (χ4n) is 4.92. The maximum atomic E-state index is 13.8. The summed E-state index contributed by atoms with van der Waals surface area (Å²) in [6.07, 6.45) is 4.52. The number of amides is 1. The largest absolute Gasteiger partial charge is 0.425 e. The summed E-state index contributed by atoms with van der Waals surface area (Å²) in [6.45, 7) is 5.21. The molecule has 9 nitrogen and oxygen atoms in total. The topological polar surface area (TPSA) is 110 Å². The van der Waals surface area contributed by atoms with E-state index in [-0.39, 0.29) is 11.9 Å². The highest BCUT2D eigenvalue weighted by Gasteiger charge is 2.31. The van der Waals surface area contributed by atoms with Crippen LogP contribution in [0.4, 0.5) is 5.69 Å². The Labute approximate surface area is 240 Å². The van der Waals surface area contributed by atoms with Crippen LogP contribution in [0.15, 0.2) is 56.4 Å². The fourth-order valence-corrected chi connectivity index (χ4v) is 6.20. The number of nitrogens with one attached hydrogen (secondary N) is 1. The number of likely N-dealkylation sites (tertiary alicyclic amines) is 1. The Morgan fingerprint density at radius 2 is 1.76 bits per heavy atom. The lowest BCUT2D eigenvalue weighted by molar-refractivity contribution is -0.134. The van der Waals surface area contributed by atoms with Crippen LogP contribution in [0.5, 0.6) is 5.75 Å². The van der Waals surface area contributed by atoms with Gasteiger partial charge in [-0.2, -0.15) is 5.26 Å². The maximum absolute atomic E-state index is 13.8. The smallest absolute Gasteiger partial charge is 0.304 e. The van der Waals surface area contributed by atoms with Gasteiger partial charge in [-0.15, -0.1) is 0 Å². The van der Waals surface area contributed by atoms with Crippen LogP contribution in [0.3, 0.4) is 0 Å². The van der Waals surface area contributed by atoms with Gasteiger partial charge in [-0.05, 0) is 94.7 Å². The van der Waals surface area contributed by atoms with E-state index in [1.165, 1.54) is 0 Å². The van der Waals surface area contributed by atoms with Gasteiger partial charge in [0.25, 0.3) is 0 Å². The van der Waals surface area contributed by atoms with Crippen molar-refractivity contribution in [3.63, 3.8) is 0 Å². The summed E-state index contributed by atoms with van der Waals surface area (Å²) in [5, 5.41) is 11.8. The van der Waals surface area contributed by atoms with Crippen LogP contribution in [0.1, 0.15) is 18.4 Å². The molecule has 2 aliphatic heterocycles. The summed E-state index contributed by atoms with van der Waals surface area (Å²) in [4.78, 5) is 25.2. The molecule has 2 saturated heterocycles. The molecule has 0 radical (unpaired) electrons. The molecule has 2 aromatic rings. The standard InChI is InChI=1S/C27H33Br2N7O2/c1-34-9-7-20(8-10-34)35-11-13-36(14-12-35)26(37)24(17-19-15-22(28)25(31)23(29)16-19)33-27(32-18-30)38-21-5-3-2-4-6-21/h2-6,15-16,20,24H,7-14,17,31H2,1H3,(H,32,33)/t24-/m0/s1. The van der Waals surface area contributed by atoms with Gasteiger partial charge < -0.3 is 20.3 Å². The van der Waals surface area contributed by atoms with Gasteiger partial charge in [-0.3, -0.25) is 9.69 Å². The first kappa shape index (κ1) is 28.4. The number of carbonyl (C=O) groups excluding carboxylic acids is 1. The minimum Gasteiger partial charge on any atom is -0.425 e. The second kappa shape index (κ2) is 13.4. The molecular weight excluding hydrogens is 614 g/mol. The molecule has 0 aliphatic carbocycles. The molecule has 0 aromatic heterocycles. The highest BCUT2D eigenvalue weighted by atomic mass is 79.9. The van der Waals surface area contributed by atoms with E-state index in [4.69, 9.17) is 10.5 Å². The van der Waals surface area contributed by atoms with E-state index < -0.39 is 6.04 Å². The van der Waals surface area contributed by atoms with Gasteiger partial charge in [0.15, 0.2) is 6.19 Å². The third-order valence-corrected chi connectivity index (χ3v) is 8.39. The third kappa shape index (κ3) is 7.47. The molecule has 4 rings (SSSR count). The molecule has 0 unspecified atom stereocenters. The zero-order chi connectivity index (χ0) is 27.1. The van der Waals surface area contributed by atoms with E-state index in [9.17, 15) is 10.1 Å². The normalized spacial score (nSPS) is 18.6. The van der Waals surface area contributed by atoms with Crippen molar-refractivity contribution in [1.82, 2.24) is 20.0 Å². The Balaban J connectivity index is 1.53. The number of nitriles is 1. The number of para-hydroxylation sites is 1. The highest BCUT2D eigenvalue weighted by molar-refractivity contribution is 9.11. The minimum atomic E-state index is -0.785. The summed E-state index contributed by atoms with van der Waals surface area (Å²) < 4.78 is 7.30. The number of nitrogens with zero attached hydrogens (tertiary/aromatic N) is 5. The van der Waals surface area contributed by atoms with Gasteiger partial charge in [0.05, 0.1) is 5.69 Å². The van der Waals surface area contributed by atoms with Gasteiger partial charge in [0.2, 0.25) is 5.91 Å². The van der Waals surface area contributed by atoms with Gasteiger partial charge >= 0.3 is 6.02 Å². The quantitative estimate of drug-likeness (QED) is 0.163. The monoisotopic (exact) mass is 645 g/mol. The summed E-state index contributed by atoms with van der Waals surface area (Å²) in [6, 6.07) is 12.6. The van der Waals surface area contributed by atoms with Crippen LogP contribution in [0, 0.1) is 11.5 Å². The molecule has 2 aromatic carbocycles. The van der Waals surface area contributed by atoms with Crippen LogP contribution in [-0.2, 0) is 11.2 Å². The second-order valence-corrected chi connectivity index (χ2v) is 11.4. The summed E-state index contributed by atoms with van der Waals surface area (Å²) >= 11 is 6.99. The molecule has 0 spiro atoms. The van der Waals surface area contributed by atoms with Gasteiger partial charge in [0.1, 0.15) is 11.8 Å². The number of hydrogen-bond donors (Lipinski definition) is 2. The van der Waals surface area contributed by atoms with Crippen LogP contribution >= 0.6 is 31.9 Å². The number of hydrogen-bond acceptors (Lipinski definition) is 7. The molecule has 202 valence electrons. The molecule has 0 saturated carbocycles. The number of anilines is 1. The molecule has 2 heterocycles. The number of halogens is 2. The second-order valence-electron chi connectivity index (χ2n) is 9.67. The summed E-state index contributed by atoms with van der Waals surface area (Å²) in [7, 11) is 2.17. The van der Waals surface area contributed by atoms with Crippen LogP contribution in [-0.4, -0.2) is 85.0 Å². The fraction of sp³-hybridized carbons (Fsp3) is 0.444. The Bertz CT molecular complexity index is 1150. The number of nitrogens with two attached hydrogens (primary N) is 1. The predicted octanol–water partition coefficient (Wildman–Crippen LogP) is 3.45. The molecule has 1 amide bonds. The predicted molar refractivity (Wildman–Crippen MR) is 156 cm³/mol. The molecular formula is C27H33Br2N7O2. The number of amidine groups is 1. The molecule has 38 heavy (non-hydrogen) atoms. The Morgan fingerprint density at radius 3 is 2.37 bits per heavy atom. The van der Waals surface area contributed by atoms with E-state index in [0.29, 0.717) is 37.0 Å². The van der Waals surface area contributed by atoms with Crippen molar-refractivity contribution in [1.29, 1.82) is 5.26 Å². The zero-order valence-corrected chi connectivity index (χ0v) is 24.6. The lowest BCUT2D eigenvalue weighted by Gasteiger charge is -2.42. The lowest BCUT2D eigenvalue weighted by atomic mass is 10.0. The van der Waals surface area contributed by atoms with Gasteiger partial charge in [0, 0.05) is 47.6 Å². The number of piperidine rings is 1. The van der Waals surface area contributed by atoms with Gasteiger partial charge in [-0.1, -0.05) is 18.2 Å². The van der Waals surface area contributed by atoms with E-state index in [0.717, 1.165) is 53.5 Å². The Morgan fingerprint density at radius 1 is 1.13 bits per heavy atom. The van der Waals surface area contributed by atoms with Crippen molar-refractivity contribution in [3.05, 3.63) is 57.0 Å². The summed E-state index contributed by atoms with van der Waals surface area (Å²) in [5.74, 6) is 0.427. The van der Waals surface area contributed by atoms with Crippen molar-refractivity contribution in [2.24, 2.45) is 4.99 Å². The van der Waals surface area contributed by atoms with Crippen LogP contribution in [0.2, 0.25) is 0 Å². The average Bonchev–Trinajstić information content (AvgIpc) is 2.92. The van der Waals surface area contributed by atoms with E-state index in [1.54, 1.807) is 12.1 Å². The molecule has 11 heteroatoms. The van der Waals surface area contributed by atoms with E-state index in [2.05, 4.69) is 59.0 Å². The average molecular weight is 647 g/mol. The maximum Gasteiger partial charge on any atom is 0.304 e. The Hall–Kier alpha value is -2.65. The SMILES string of the molecule is CN1CCC(N2CCN(C(=O)[C@H](Cc3cc(Br)c(N)c(Br)c3)N=C(NC#N)Oc3ccccc3)CC2)CC1. The van der Waals surface area contributed by atoms with Gasteiger partial charge in [-0.25, -0.2) is 10.3 Å². The summed E-state index contributed by atoms with van der Waals surface area (Å²) in [5.41, 5.74) is 7.54. The van der Waals surface area contributed by atoms with E-state index in [1.807, 2.05) is 41.4 Å². The van der Waals surface area contributed by atoms with Crippen molar-refractivity contribution < 1.29 is 9.53 Å². The van der Waals surface area contributed by atoms with Crippen molar-refractivity contribution in [2.45, 2.75) is 31.3 Å². The zero-order valence-electron chi connectivity index (χ0n) is 21.4. The molecule has 0 bridgehead atoms. The highest BCUT2D eigenvalue weighted by Crippen LogP contribution is 2.30. The van der Waals surface area contributed by atoms with Crippen molar-refractivity contribution in [3.8, 4) is 11.9 Å². The molecule has 3 N–H and O–H groups in total. The number of aliphatic imine (C=N–C) groups is 1. The third-order valence-electron chi connectivity index (χ3n) is 7.08. The van der Waals surface area contributed by atoms with E-state index >= 15 is 0 Å². The van der Waals surface area contributed by atoms with Crippen LogP contribution in [0.25, 0.3) is 0 Å². The van der Waals surface area contributed by atoms with Crippen molar-refractivity contribution >= 4 is 49.5 Å². The molecule has 2 aliphatic rings. The number of piperazine rings is 1. The Kier molecular flexibility index (Phi) is 10.0. The number of nitrogen functional groups attached to an aromatic ring is 1. The lowest BCUT2D eigenvalue weighted by Crippen LogP contribution is -2.55. The number of benzene rings is 2. The first-order valence-electron chi connectivity index (χ1n) is 12.7. The molecule has 2 fully saturated rings. The number of ether oxygens (including phenoxy) is 1. The van der Waals surface area contributed by atoms with Crippen molar-refractivity contribution in [2.75, 3.05) is 52.0 Å².